The molecule has 0 bridgehead atoms. The predicted octanol–water partition coefficient (Wildman–Crippen LogP) is 3.55. The standard InChI is InChI=1S/C15H22F3NO5S/c1-13(2,3)23-12(20)19-9-8-14(10-19)6-4-11(5-7-14)24-25(21,22)15(16,17)18/h4H,5-10H2,1-3H3. The van der Waals surface area contributed by atoms with Gasteiger partial charge in [-0.1, -0.05) is 0 Å². The van der Waals surface area contributed by atoms with Gasteiger partial charge in [-0.05, 0) is 51.5 Å². The minimum absolute atomic E-state index is 0.0808. The third kappa shape index (κ3) is 4.80. The molecule has 1 unspecified atom stereocenters. The summed E-state index contributed by atoms with van der Waals surface area (Å²) in [5.41, 5.74) is -6.32. The Labute approximate surface area is 145 Å². The summed E-state index contributed by atoms with van der Waals surface area (Å²) >= 11 is 0. The Morgan fingerprint density at radius 2 is 1.88 bits per heavy atom. The van der Waals surface area contributed by atoms with Gasteiger partial charge < -0.3 is 13.8 Å². The quantitative estimate of drug-likeness (QED) is 0.537. The van der Waals surface area contributed by atoms with Crippen LogP contribution >= 0.6 is 0 Å². The summed E-state index contributed by atoms with van der Waals surface area (Å²) in [5, 5.41) is 0. The molecule has 0 saturated carbocycles. The van der Waals surface area contributed by atoms with Crippen molar-refractivity contribution in [1.82, 2.24) is 4.90 Å². The minimum atomic E-state index is -5.63. The van der Waals surface area contributed by atoms with Crippen LogP contribution in [-0.4, -0.2) is 43.6 Å². The molecule has 1 heterocycles. The Bertz CT molecular complexity index is 666. The maximum atomic E-state index is 12.4. The Morgan fingerprint density at radius 1 is 1.24 bits per heavy atom. The molecule has 0 radical (unpaired) electrons. The molecule has 6 nitrogen and oxygen atoms in total. The maximum absolute atomic E-state index is 12.4. The highest BCUT2D eigenvalue weighted by Gasteiger charge is 2.49. The molecule has 1 aliphatic heterocycles. The fourth-order valence-corrected chi connectivity index (χ4v) is 3.50. The zero-order valence-corrected chi connectivity index (χ0v) is 15.2. The van der Waals surface area contributed by atoms with Crippen molar-refractivity contribution >= 4 is 16.2 Å². The molecule has 1 spiro atoms. The molecule has 0 N–H and O–H groups in total. The Kier molecular flexibility index (Phi) is 5.06. The number of ether oxygens (including phenoxy) is 1. The number of nitrogens with zero attached hydrogens (tertiary/aromatic N) is 1. The lowest BCUT2D eigenvalue weighted by molar-refractivity contribution is -0.0525. The average Bonchev–Trinajstić information content (AvgIpc) is 2.83. The van der Waals surface area contributed by atoms with Gasteiger partial charge in [0.15, 0.2) is 0 Å². The second-order valence-corrected chi connectivity index (χ2v) is 9.05. The molecule has 1 amide bonds. The molecule has 1 aliphatic carbocycles. The number of rotatable bonds is 2. The van der Waals surface area contributed by atoms with E-state index in [0.717, 1.165) is 0 Å². The minimum Gasteiger partial charge on any atom is -0.444 e. The van der Waals surface area contributed by atoms with Gasteiger partial charge in [0, 0.05) is 19.5 Å². The van der Waals surface area contributed by atoms with Gasteiger partial charge in [-0.15, -0.1) is 0 Å². The fraction of sp³-hybridized carbons (Fsp3) is 0.800. The van der Waals surface area contributed by atoms with Crippen LogP contribution in [-0.2, 0) is 19.0 Å². The van der Waals surface area contributed by atoms with E-state index >= 15 is 0 Å². The van der Waals surface area contributed by atoms with E-state index in [4.69, 9.17) is 4.74 Å². The highest BCUT2D eigenvalue weighted by atomic mass is 32.2. The van der Waals surface area contributed by atoms with Gasteiger partial charge >= 0.3 is 21.7 Å². The summed E-state index contributed by atoms with van der Waals surface area (Å²) in [6, 6.07) is 0. The predicted molar refractivity (Wildman–Crippen MR) is 82.9 cm³/mol. The average molecular weight is 385 g/mol. The molecule has 144 valence electrons. The van der Waals surface area contributed by atoms with E-state index in [2.05, 4.69) is 4.18 Å². The van der Waals surface area contributed by atoms with Gasteiger partial charge in [0.1, 0.15) is 11.4 Å². The number of likely N-dealkylation sites (tertiary alicyclic amines) is 1. The van der Waals surface area contributed by atoms with Crippen LogP contribution < -0.4 is 0 Å². The van der Waals surface area contributed by atoms with E-state index in [0.29, 0.717) is 32.4 Å². The topological polar surface area (TPSA) is 72.9 Å². The molecule has 2 aliphatic rings. The summed E-state index contributed by atoms with van der Waals surface area (Å²) in [5.74, 6) is -0.196. The molecule has 0 aromatic rings. The molecular formula is C15H22F3NO5S. The van der Waals surface area contributed by atoms with Gasteiger partial charge in [0.25, 0.3) is 0 Å². The largest absolute Gasteiger partial charge is 0.534 e. The Morgan fingerprint density at radius 3 is 2.36 bits per heavy atom. The molecule has 1 fully saturated rings. The summed E-state index contributed by atoms with van der Waals surface area (Å²) in [4.78, 5) is 13.7. The molecule has 0 aromatic carbocycles. The van der Waals surface area contributed by atoms with Crippen LogP contribution in [0, 0.1) is 5.41 Å². The van der Waals surface area contributed by atoms with Crippen molar-refractivity contribution in [1.29, 1.82) is 0 Å². The molecule has 1 saturated heterocycles. The van der Waals surface area contributed by atoms with E-state index in [1.807, 2.05) is 0 Å². The van der Waals surface area contributed by atoms with Crippen molar-refractivity contribution < 1.29 is 35.3 Å². The zero-order chi connectivity index (χ0) is 19.1. The molecule has 0 aromatic heterocycles. The van der Waals surface area contributed by atoms with E-state index in [-0.39, 0.29) is 17.6 Å². The van der Waals surface area contributed by atoms with Crippen LogP contribution in [0.5, 0.6) is 0 Å². The lowest BCUT2D eigenvalue weighted by Gasteiger charge is -2.32. The number of allylic oxidation sites excluding steroid dienone is 2. The van der Waals surface area contributed by atoms with Crippen molar-refractivity contribution in [2.75, 3.05) is 13.1 Å². The maximum Gasteiger partial charge on any atom is 0.534 e. The molecular weight excluding hydrogens is 363 g/mol. The van der Waals surface area contributed by atoms with E-state index < -0.39 is 27.3 Å². The number of amides is 1. The summed E-state index contributed by atoms with van der Waals surface area (Å²) in [7, 11) is -5.63. The van der Waals surface area contributed by atoms with Crippen molar-refractivity contribution in [2.45, 2.75) is 57.6 Å². The summed E-state index contributed by atoms with van der Waals surface area (Å²) < 4.78 is 68.7. The van der Waals surface area contributed by atoms with Gasteiger partial charge in [-0.3, -0.25) is 0 Å². The van der Waals surface area contributed by atoms with Crippen molar-refractivity contribution in [3.05, 3.63) is 11.8 Å². The van der Waals surface area contributed by atoms with Crippen molar-refractivity contribution in [3.63, 3.8) is 0 Å². The monoisotopic (exact) mass is 385 g/mol. The first-order chi connectivity index (χ1) is 11.2. The molecule has 2 rings (SSSR count). The number of carbonyl (C=O) groups excluding carboxylic acids is 1. The van der Waals surface area contributed by atoms with Crippen LogP contribution in [0.2, 0.25) is 0 Å². The van der Waals surface area contributed by atoms with Crippen LogP contribution in [0.4, 0.5) is 18.0 Å². The van der Waals surface area contributed by atoms with Crippen LogP contribution in [0.1, 0.15) is 46.5 Å². The lowest BCUT2D eigenvalue weighted by Crippen LogP contribution is -2.37. The highest BCUT2D eigenvalue weighted by molar-refractivity contribution is 7.87. The van der Waals surface area contributed by atoms with Gasteiger partial charge in [0.05, 0.1) is 0 Å². The first kappa shape index (κ1) is 19.9. The van der Waals surface area contributed by atoms with Crippen LogP contribution in [0.15, 0.2) is 11.8 Å². The zero-order valence-electron chi connectivity index (χ0n) is 14.4. The number of alkyl halides is 3. The Hall–Kier alpha value is -1.45. The van der Waals surface area contributed by atoms with E-state index in [1.54, 1.807) is 25.7 Å². The number of carbonyl (C=O) groups is 1. The highest BCUT2D eigenvalue weighted by Crippen LogP contribution is 2.44. The second kappa shape index (κ2) is 6.37. The van der Waals surface area contributed by atoms with Crippen LogP contribution in [0.25, 0.3) is 0 Å². The number of halogens is 3. The number of hydrogen-bond acceptors (Lipinski definition) is 5. The Balaban J connectivity index is 1.98. The van der Waals surface area contributed by atoms with Crippen LogP contribution in [0.3, 0.4) is 0 Å². The first-order valence-electron chi connectivity index (χ1n) is 7.91. The van der Waals surface area contributed by atoms with Gasteiger partial charge in [-0.2, -0.15) is 21.6 Å². The molecule has 10 heteroatoms. The molecule has 25 heavy (non-hydrogen) atoms. The normalized spacial score (nSPS) is 25.0. The van der Waals surface area contributed by atoms with Crippen molar-refractivity contribution in [2.24, 2.45) is 5.41 Å². The summed E-state index contributed by atoms with van der Waals surface area (Å²) in [6.07, 6.45) is 2.53. The molecule has 1 atom stereocenters. The third-order valence-corrected chi connectivity index (χ3v) is 5.26. The van der Waals surface area contributed by atoms with E-state index in [9.17, 15) is 26.4 Å². The number of hydrogen-bond donors (Lipinski definition) is 0. The summed E-state index contributed by atoms with van der Waals surface area (Å²) in [6.45, 7) is 6.23. The smallest absolute Gasteiger partial charge is 0.444 e. The van der Waals surface area contributed by atoms with Crippen molar-refractivity contribution in [3.8, 4) is 0 Å². The lowest BCUT2D eigenvalue weighted by atomic mass is 9.76. The van der Waals surface area contributed by atoms with Gasteiger partial charge in [0.2, 0.25) is 0 Å². The fourth-order valence-electron chi connectivity index (χ4n) is 2.97. The second-order valence-electron chi connectivity index (χ2n) is 7.51. The first-order valence-corrected chi connectivity index (χ1v) is 9.32. The van der Waals surface area contributed by atoms with Gasteiger partial charge in [-0.25, -0.2) is 4.79 Å². The van der Waals surface area contributed by atoms with E-state index in [1.165, 1.54) is 6.08 Å². The SMILES string of the molecule is CC(C)(C)OC(=O)N1CCC2(CC=C(OS(=O)(=O)C(F)(F)F)CC2)C1. The third-order valence-electron chi connectivity index (χ3n) is 4.25.